The molecule has 0 spiro atoms. The summed E-state index contributed by atoms with van der Waals surface area (Å²) in [5.74, 6) is -0.673. The van der Waals surface area contributed by atoms with E-state index in [9.17, 15) is 18.0 Å². The molecule has 5 rings (SSSR count). The van der Waals surface area contributed by atoms with Crippen LogP contribution in [0.1, 0.15) is 53.5 Å². The molecular formula is C38H43N3O4S. The number of aryl methyl sites for hydroxylation is 3. The molecule has 1 aliphatic rings. The minimum absolute atomic E-state index is 0.0612. The summed E-state index contributed by atoms with van der Waals surface area (Å²) in [6.45, 7) is 5.41. The Labute approximate surface area is 273 Å². The minimum Gasteiger partial charge on any atom is -0.352 e. The number of anilines is 1. The summed E-state index contributed by atoms with van der Waals surface area (Å²) in [7, 11) is -4.14. The molecule has 240 valence electrons. The van der Waals surface area contributed by atoms with Gasteiger partial charge in [-0.05, 0) is 79.6 Å². The highest BCUT2D eigenvalue weighted by atomic mass is 32.2. The smallest absolute Gasteiger partial charge is 0.264 e. The van der Waals surface area contributed by atoms with Crippen LogP contribution in [0.3, 0.4) is 0 Å². The van der Waals surface area contributed by atoms with E-state index in [-0.39, 0.29) is 23.4 Å². The van der Waals surface area contributed by atoms with Crippen LogP contribution in [0.4, 0.5) is 5.69 Å². The number of hydrogen-bond acceptors (Lipinski definition) is 4. The largest absolute Gasteiger partial charge is 0.352 e. The van der Waals surface area contributed by atoms with Crippen molar-refractivity contribution in [1.82, 2.24) is 10.2 Å². The number of benzene rings is 4. The molecule has 46 heavy (non-hydrogen) atoms. The average Bonchev–Trinajstić information content (AvgIpc) is 3.57. The molecule has 0 aromatic heterocycles. The van der Waals surface area contributed by atoms with Crippen LogP contribution in [0.5, 0.6) is 0 Å². The fraction of sp³-hybridized carbons (Fsp3) is 0.316. The fourth-order valence-corrected chi connectivity index (χ4v) is 7.61. The summed E-state index contributed by atoms with van der Waals surface area (Å²) in [4.78, 5) is 30.6. The maximum atomic E-state index is 14.7. The van der Waals surface area contributed by atoms with Crippen molar-refractivity contribution in [3.05, 3.63) is 131 Å². The maximum absolute atomic E-state index is 14.7. The Kier molecular flexibility index (Phi) is 10.6. The summed E-state index contributed by atoms with van der Waals surface area (Å²) in [5, 5.41) is 3.23. The first kappa shape index (κ1) is 32.9. The molecule has 1 fully saturated rings. The SMILES string of the molecule is Cc1ccc(C)c(N(CC(=O)N(Cc2ccccc2C)C(Cc2ccccc2)C(=O)NC2CCCC2)S(=O)(=O)c2ccccc2)c1. The molecule has 8 heteroatoms. The van der Waals surface area contributed by atoms with Crippen LogP contribution in [-0.2, 0) is 32.6 Å². The van der Waals surface area contributed by atoms with Crippen molar-refractivity contribution < 1.29 is 18.0 Å². The van der Waals surface area contributed by atoms with Gasteiger partial charge in [0, 0.05) is 19.0 Å². The Morgan fingerprint density at radius 3 is 2.11 bits per heavy atom. The van der Waals surface area contributed by atoms with Crippen molar-refractivity contribution in [3.8, 4) is 0 Å². The van der Waals surface area contributed by atoms with Crippen LogP contribution in [0.15, 0.2) is 108 Å². The van der Waals surface area contributed by atoms with Gasteiger partial charge in [0.2, 0.25) is 11.8 Å². The second-order valence-corrected chi connectivity index (χ2v) is 14.1. The van der Waals surface area contributed by atoms with Gasteiger partial charge in [0.25, 0.3) is 10.0 Å². The highest BCUT2D eigenvalue weighted by molar-refractivity contribution is 7.92. The third-order valence-electron chi connectivity index (χ3n) is 8.82. The number of nitrogens with one attached hydrogen (secondary N) is 1. The third-order valence-corrected chi connectivity index (χ3v) is 10.6. The van der Waals surface area contributed by atoms with Gasteiger partial charge in [-0.25, -0.2) is 8.42 Å². The number of amides is 2. The molecule has 4 aromatic rings. The maximum Gasteiger partial charge on any atom is 0.264 e. The summed E-state index contributed by atoms with van der Waals surface area (Å²) < 4.78 is 29.7. The highest BCUT2D eigenvalue weighted by Crippen LogP contribution is 2.29. The number of sulfonamides is 1. The van der Waals surface area contributed by atoms with E-state index in [1.54, 1.807) is 29.2 Å². The van der Waals surface area contributed by atoms with Crippen LogP contribution in [-0.4, -0.2) is 43.8 Å². The fourth-order valence-electron chi connectivity index (χ4n) is 6.11. The Bertz CT molecular complexity index is 1750. The molecule has 7 nitrogen and oxygen atoms in total. The van der Waals surface area contributed by atoms with Crippen molar-refractivity contribution in [2.75, 3.05) is 10.8 Å². The van der Waals surface area contributed by atoms with Gasteiger partial charge in [0.05, 0.1) is 10.6 Å². The lowest BCUT2D eigenvalue weighted by molar-refractivity contribution is -0.140. The first-order valence-electron chi connectivity index (χ1n) is 16.0. The van der Waals surface area contributed by atoms with E-state index in [2.05, 4.69) is 5.32 Å². The Morgan fingerprint density at radius 1 is 0.804 bits per heavy atom. The van der Waals surface area contributed by atoms with Crippen LogP contribution >= 0.6 is 0 Å². The molecule has 1 atom stereocenters. The van der Waals surface area contributed by atoms with Crippen molar-refractivity contribution in [3.63, 3.8) is 0 Å². The predicted octanol–water partition coefficient (Wildman–Crippen LogP) is 6.51. The van der Waals surface area contributed by atoms with E-state index in [1.165, 1.54) is 16.4 Å². The van der Waals surface area contributed by atoms with Crippen LogP contribution < -0.4 is 9.62 Å². The zero-order valence-corrected chi connectivity index (χ0v) is 27.7. The second-order valence-electron chi connectivity index (χ2n) is 12.3. The quantitative estimate of drug-likeness (QED) is 0.192. The van der Waals surface area contributed by atoms with Gasteiger partial charge in [-0.3, -0.25) is 13.9 Å². The summed E-state index contributed by atoms with van der Waals surface area (Å²) in [6, 6.07) is 30.4. The zero-order chi connectivity index (χ0) is 32.7. The van der Waals surface area contributed by atoms with E-state index in [0.717, 1.165) is 53.5 Å². The van der Waals surface area contributed by atoms with Gasteiger partial charge in [-0.15, -0.1) is 0 Å². The molecule has 1 aliphatic carbocycles. The number of carbonyl (C=O) groups is 2. The van der Waals surface area contributed by atoms with E-state index in [1.807, 2.05) is 87.5 Å². The molecule has 1 unspecified atom stereocenters. The number of hydrogen-bond donors (Lipinski definition) is 1. The monoisotopic (exact) mass is 637 g/mol. The summed E-state index contributed by atoms with van der Waals surface area (Å²) in [6.07, 6.45) is 4.23. The lowest BCUT2D eigenvalue weighted by Crippen LogP contribution is -2.54. The standard InChI is InChI=1S/C38H43N3O4S/c1-28-22-23-30(3)35(24-28)41(46(44,45)34-20-8-5-9-21-34)27-37(42)40(26-32-17-11-10-14-29(32)2)36(25-31-15-6-4-7-16-31)38(43)39-33-18-12-13-19-33/h4-11,14-17,20-24,33,36H,12-13,18-19,25-27H2,1-3H3,(H,39,43). The number of carbonyl (C=O) groups excluding carboxylic acids is 2. The van der Waals surface area contributed by atoms with Crippen molar-refractivity contribution >= 4 is 27.5 Å². The van der Waals surface area contributed by atoms with Crippen LogP contribution in [0.25, 0.3) is 0 Å². The van der Waals surface area contributed by atoms with E-state index in [0.29, 0.717) is 12.1 Å². The topological polar surface area (TPSA) is 86.8 Å². The average molecular weight is 638 g/mol. The number of nitrogens with zero attached hydrogens (tertiary/aromatic N) is 2. The van der Waals surface area contributed by atoms with Gasteiger partial charge in [0.1, 0.15) is 12.6 Å². The molecule has 0 aliphatic heterocycles. The third kappa shape index (κ3) is 7.85. The molecule has 0 bridgehead atoms. The Balaban J connectivity index is 1.59. The summed E-state index contributed by atoms with van der Waals surface area (Å²) >= 11 is 0. The molecule has 4 aromatic carbocycles. The number of rotatable bonds is 12. The normalized spacial score (nSPS) is 14.1. The Hall–Kier alpha value is -4.43. The zero-order valence-electron chi connectivity index (χ0n) is 26.9. The van der Waals surface area contributed by atoms with Gasteiger partial charge in [0.15, 0.2) is 0 Å². The molecule has 1 N–H and O–H groups in total. The molecular weight excluding hydrogens is 595 g/mol. The first-order valence-corrected chi connectivity index (χ1v) is 17.4. The second kappa shape index (κ2) is 14.8. The lowest BCUT2D eigenvalue weighted by Gasteiger charge is -2.35. The van der Waals surface area contributed by atoms with Crippen LogP contribution in [0.2, 0.25) is 0 Å². The highest BCUT2D eigenvalue weighted by Gasteiger charge is 2.36. The van der Waals surface area contributed by atoms with Crippen molar-refractivity contribution in [2.45, 2.75) is 76.4 Å². The van der Waals surface area contributed by atoms with Crippen molar-refractivity contribution in [1.29, 1.82) is 0 Å². The predicted molar refractivity (Wildman–Crippen MR) is 183 cm³/mol. The molecule has 0 saturated heterocycles. The van der Waals surface area contributed by atoms with Crippen LogP contribution in [0, 0.1) is 20.8 Å². The molecule has 0 radical (unpaired) electrons. The van der Waals surface area contributed by atoms with E-state index >= 15 is 0 Å². The van der Waals surface area contributed by atoms with E-state index < -0.39 is 28.5 Å². The van der Waals surface area contributed by atoms with Crippen molar-refractivity contribution in [2.24, 2.45) is 0 Å². The summed E-state index contributed by atoms with van der Waals surface area (Å²) in [5.41, 5.74) is 4.83. The molecule has 1 saturated carbocycles. The molecule has 2 amide bonds. The first-order chi connectivity index (χ1) is 22.1. The minimum atomic E-state index is -4.14. The van der Waals surface area contributed by atoms with Gasteiger partial charge < -0.3 is 10.2 Å². The Morgan fingerprint density at radius 2 is 1.43 bits per heavy atom. The van der Waals surface area contributed by atoms with E-state index in [4.69, 9.17) is 0 Å². The van der Waals surface area contributed by atoms with Gasteiger partial charge in [-0.1, -0.05) is 97.8 Å². The lowest BCUT2D eigenvalue weighted by atomic mass is 10.0. The van der Waals surface area contributed by atoms with Gasteiger partial charge in [-0.2, -0.15) is 0 Å². The molecule has 0 heterocycles. The van der Waals surface area contributed by atoms with Gasteiger partial charge >= 0.3 is 0 Å².